The van der Waals surface area contributed by atoms with Gasteiger partial charge in [0.05, 0.1) is 11.6 Å². The molecule has 2 rings (SSSR count). The number of aldehydes is 2. The highest BCUT2D eigenvalue weighted by atomic mass is 16.5. The van der Waals surface area contributed by atoms with Gasteiger partial charge in [0.15, 0.2) is 6.29 Å². The van der Waals surface area contributed by atoms with Gasteiger partial charge in [0.1, 0.15) is 18.2 Å². The van der Waals surface area contributed by atoms with E-state index in [1.54, 1.807) is 19.2 Å². The Morgan fingerprint density at radius 3 is 2.67 bits per heavy atom. The minimum Gasteiger partial charge on any atom is -0.364 e. The molecule has 2 aromatic heterocycles. The van der Waals surface area contributed by atoms with Crippen LogP contribution >= 0.6 is 0 Å². The first-order chi connectivity index (χ1) is 8.69. The highest BCUT2D eigenvalue weighted by Crippen LogP contribution is 2.28. The predicted molar refractivity (Wildman–Crippen MR) is 63.5 cm³/mol. The van der Waals surface area contributed by atoms with Crippen molar-refractivity contribution in [2.45, 2.75) is 19.8 Å². The molecular formula is C13H12N2O3. The van der Waals surface area contributed by atoms with E-state index < -0.39 is 5.92 Å². The van der Waals surface area contributed by atoms with Crippen molar-refractivity contribution in [2.75, 3.05) is 0 Å². The number of nitrogens with zero attached hydrogens (tertiary/aromatic N) is 2. The minimum absolute atomic E-state index is 0.339. The van der Waals surface area contributed by atoms with Crippen molar-refractivity contribution in [1.29, 1.82) is 0 Å². The normalized spacial score (nSPS) is 12.1. The van der Waals surface area contributed by atoms with Gasteiger partial charge in [-0.3, -0.25) is 9.78 Å². The number of hydrogen-bond acceptors (Lipinski definition) is 5. The average molecular weight is 244 g/mol. The molecule has 0 radical (unpaired) electrons. The van der Waals surface area contributed by atoms with Crippen LogP contribution in [0.5, 0.6) is 0 Å². The Labute approximate surface area is 104 Å². The molecule has 2 heterocycles. The Bertz CT molecular complexity index is 576. The molecule has 0 saturated carbocycles. The van der Waals surface area contributed by atoms with Crippen molar-refractivity contribution in [3.05, 3.63) is 46.6 Å². The second-order valence-electron chi connectivity index (χ2n) is 4.02. The molecule has 0 amide bonds. The summed E-state index contributed by atoms with van der Waals surface area (Å²) in [5.41, 5.74) is 3.17. The van der Waals surface area contributed by atoms with E-state index in [1.165, 1.54) is 6.26 Å². The highest BCUT2D eigenvalue weighted by Gasteiger charge is 2.22. The van der Waals surface area contributed by atoms with Gasteiger partial charge in [0.25, 0.3) is 0 Å². The van der Waals surface area contributed by atoms with E-state index >= 15 is 0 Å². The first-order valence-electron chi connectivity index (χ1n) is 5.46. The standard InChI is InChI=1S/C13H12N2O3/c1-8-5-14-12(7-17)9(2)13(8)10(6-16)11-3-4-18-15-11/h3-7,10H,1-2H3. The molecule has 0 aliphatic rings. The first kappa shape index (κ1) is 12.2. The number of pyridine rings is 1. The van der Waals surface area contributed by atoms with Crippen LogP contribution in [0.2, 0.25) is 0 Å². The third-order valence-corrected chi connectivity index (χ3v) is 2.95. The fraction of sp³-hybridized carbons (Fsp3) is 0.231. The fourth-order valence-corrected chi connectivity index (χ4v) is 2.03. The summed E-state index contributed by atoms with van der Waals surface area (Å²) in [5, 5.41) is 3.79. The van der Waals surface area contributed by atoms with Gasteiger partial charge in [0, 0.05) is 12.3 Å². The summed E-state index contributed by atoms with van der Waals surface area (Å²) in [6.45, 7) is 3.62. The molecule has 0 fully saturated rings. The molecule has 18 heavy (non-hydrogen) atoms. The zero-order chi connectivity index (χ0) is 13.1. The van der Waals surface area contributed by atoms with Gasteiger partial charge in [-0.1, -0.05) is 5.16 Å². The largest absolute Gasteiger partial charge is 0.364 e. The molecule has 0 bridgehead atoms. The lowest BCUT2D eigenvalue weighted by Gasteiger charge is -2.15. The van der Waals surface area contributed by atoms with Gasteiger partial charge < -0.3 is 9.32 Å². The number of rotatable bonds is 4. The fourth-order valence-electron chi connectivity index (χ4n) is 2.03. The maximum absolute atomic E-state index is 11.3. The zero-order valence-corrected chi connectivity index (χ0v) is 10.1. The lowest BCUT2D eigenvalue weighted by molar-refractivity contribution is -0.108. The summed E-state index contributed by atoms with van der Waals surface area (Å²) in [7, 11) is 0. The van der Waals surface area contributed by atoms with Crippen LogP contribution in [-0.4, -0.2) is 22.7 Å². The van der Waals surface area contributed by atoms with Gasteiger partial charge in [-0.2, -0.15) is 0 Å². The Balaban J connectivity index is 2.62. The van der Waals surface area contributed by atoms with Gasteiger partial charge in [-0.05, 0) is 30.5 Å². The maximum Gasteiger partial charge on any atom is 0.168 e. The van der Waals surface area contributed by atoms with E-state index in [2.05, 4.69) is 10.1 Å². The van der Waals surface area contributed by atoms with Gasteiger partial charge in [-0.15, -0.1) is 0 Å². The van der Waals surface area contributed by atoms with Gasteiger partial charge in [0.2, 0.25) is 0 Å². The summed E-state index contributed by atoms with van der Waals surface area (Å²) in [6, 6.07) is 1.64. The third-order valence-electron chi connectivity index (χ3n) is 2.95. The molecule has 0 aliphatic carbocycles. The minimum atomic E-state index is -0.537. The number of aromatic nitrogens is 2. The number of carbonyl (C=O) groups is 2. The van der Waals surface area contributed by atoms with Crippen LogP contribution in [0, 0.1) is 13.8 Å². The zero-order valence-electron chi connectivity index (χ0n) is 10.1. The molecule has 0 aromatic carbocycles. The Hall–Kier alpha value is -2.30. The molecule has 5 nitrogen and oxygen atoms in total. The first-order valence-corrected chi connectivity index (χ1v) is 5.46. The van der Waals surface area contributed by atoms with Crippen molar-refractivity contribution < 1.29 is 14.1 Å². The summed E-state index contributed by atoms with van der Waals surface area (Å²) in [6.07, 6.45) is 4.48. The summed E-state index contributed by atoms with van der Waals surface area (Å²) >= 11 is 0. The molecule has 92 valence electrons. The van der Waals surface area contributed by atoms with E-state index in [-0.39, 0.29) is 0 Å². The van der Waals surface area contributed by atoms with Gasteiger partial charge >= 0.3 is 0 Å². The van der Waals surface area contributed by atoms with Crippen molar-refractivity contribution >= 4 is 12.6 Å². The number of carbonyl (C=O) groups excluding carboxylic acids is 2. The maximum atomic E-state index is 11.3. The van der Waals surface area contributed by atoms with Crippen LogP contribution in [-0.2, 0) is 4.79 Å². The average Bonchev–Trinajstić information content (AvgIpc) is 2.88. The quantitative estimate of drug-likeness (QED) is 0.767. The third kappa shape index (κ3) is 1.95. The van der Waals surface area contributed by atoms with Crippen LogP contribution in [0.15, 0.2) is 23.0 Å². The lowest BCUT2D eigenvalue weighted by atomic mass is 9.90. The van der Waals surface area contributed by atoms with E-state index in [9.17, 15) is 9.59 Å². The van der Waals surface area contributed by atoms with E-state index in [0.717, 1.165) is 17.4 Å². The topological polar surface area (TPSA) is 73.1 Å². The molecule has 0 N–H and O–H groups in total. The molecular weight excluding hydrogens is 232 g/mol. The van der Waals surface area contributed by atoms with E-state index in [4.69, 9.17) is 4.52 Å². The van der Waals surface area contributed by atoms with Crippen LogP contribution in [0.3, 0.4) is 0 Å². The molecule has 0 aliphatic heterocycles. The lowest BCUT2D eigenvalue weighted by Crippen LogP contribution is -2.10. The van der Waals surface area contributed by atoms with Crippen molar-refractivity contribution in [2.24, 2.45) is 0 Å². The van der Waals surface area contributed by atoms with Gasteiger partial charge in [-0.25, -0.2) is 0 Å². The number of aryl methyl sites for hydroxylation is 1. The van der Waals surface area contributed by atoms with E-state index in [0.29, 0.717) is 23.2 Å². The molecule has 1 atom stereocenters. The number of hydrogen-bond donors (Lipinski definition) is 0. The Kier molecular flexibility index (Phi) is 3.32. The Morgan fingerprint density at radius 2 is 2.11 bits per heavy atom. The van der Waals surface area contributed by atoms with E-state index in [1.807, 2.05) is 6.92 Å². The molecule has 5 heteroatoms. The smallest absolute Gasteiger partial charge is 0.168 e. The highest BCUT2D eigenvalue weighted by molar-refractivity contribution is 5.77. The summed E-state index contributed by atoms with van der Waals surface area (Å²) < 4.78 is 4.76. The van der Waals surface area contributed by atoms with Crippen LogP contribution in [0.25, 0.3) is 0 Å². The monoisotopic (exact) mass is 244 g/mol. The van der Waals surface area contributed by atoms with Crippen molar-refractivity contribution in [3.63, 3.8) is 0 Å². The van der Waals surface area contributed by atoms with Crippen LogP contribution in [0.1, 0.15) is 38.8 Å². The summed E-state index contributed by atoms with van der Waals surface area (Å²) in [5.74, 6) is -0.537. The molecule has 1 unspecified atom stereocenters. The van der Waals surface area contributed by atoms with Crippen LogP contribution < -0.4 is 0 Å². The second-order valence-corrected chi connectivity index (χ2v) is 4.02. The predicted octanol–water partition coefficient (Wildman–Crippen LogP) is 1.83. The Morgan fingerprint density at radius 1 is 1.33 bits per heavy atom. The van der Waals surface area contributed by atoms with Crippen LogP contribution in [0.4, 0.5) is 0 Å². The van der Waals surface area contributed by atoms with Crippen molar-refractivity contribution in [3.8, 4) is 0 Å². The molecule has 2 aromatic rings. The SMILES string of the molecule is Cc1cnc(C=O)c(C)c1C(C=O)c1ccon1. The summed E-state index contributed by atoms with van der Waals surface area (Å²) in [4.78, 5) is 26.2. The molecule has 0 spiro atoms. The molecule has 0 saturated heterocycles. The second kappa shape index (κ2) is 4.91. The van der Waals surface area contributed by atoms with Crippen molar-refractivity contribution in [1.82, 2.24) is 10.1 Å².